The Labute approximate surface area is 136 Å². The number of amides is 1. The fraction of sp³-hybridized carbons (Fsp3) is 0.529. The van der Waals surface area contributed by atoms with Gasteiger partial charge in [-0.3, -0.25) is 4.90 Å². The second-order valence-electron chi connectivity index (χ2n) is 5.89. The molecule has 2 atom stereocenters. The molecule has 1 amide bonds. The third kappa shape index (κ3) is 3.82. The first-order chi connectivity index (χ1) is 11.0. The van der Waals surface area contributed by atoms with E-state index in [1.54, 1.807) is 7.11 Å². The minimum absolute atomic E-state index is 0.118. The van der Waals surface area contributed by atoms with Crippen molar-refractivity contribution in [3.63, 3.8) is 0 Å². The van der Waals surface area contributed by atoms with Crippen LogP contribution in [-0.4, -0.2) is 47.9 Å². The van der Waals surface area contributed by atoms with E-state index in [9.17, 15) is 14.7 Å². The third-order valence-electron chi connectivity index (χ3n) is 4.53. The molecule has 1 aromatic carbocycles. The van der Waals surface area contributed by atoms with Gasteiger partial charge in [0.2, 0.25) is 0 Å². The van der Waals surface area contributed by atoms with Crippen molar-refractivity contribution in [3.05, 3.63) is 35.9 Å². The summed E-state index contributed by atoms with van der Waals surface area (Å²) in [6.45, 7) is 0.118. The molecule has 6 heteroatoms. The van der Waals surface area contributed by atoms with Gasteiger partial charge in [0.15, 0.2) is 0 Å². The number of methoxy groups -OCH3 is 1. The number of aliphatic carboxylic acids is 1. The van der Waals surface area contributed by atoms with Crippen molar-refractivity contribution in [3.8, 4) is 0 Å². The van der Waals surface area contributed by atoms with Gasteiger partial charge in [0.05, 0.1) is 6.10 Å². The van der Waals surface area contributed by atoms with E-state index in [2.05, 4.69) is 0 Å². The van der Waals surface area contributed by atoms with E-state index >= 15 is 0 Å². The summed E-state index contributed by atoms with van der Waals surface area (Å²) in [5, 5.41) is 9.70. The van der Waals surface area contributed by atoms with Gasteiger partial charge >= 0.3 is 12.1 Å². The highest BCUT2D eigenvalue weighted by Gasteiger charge is 2.49. The summed E-state index contributed by atoms with van der Waals surface area (Å²) in [6, 6.07) is 9.29. The van der Waals surface area contributed by atoms with E-state index < -0.39 is 17.6 Å². The number of carboxylic acid groups (broad SMARTS) is 1. The van der Waals surface area contributed by atoms with Gasteiger partial charge in [-0.2, -0.15) is 0 Å². The van der Waals surface area contributed by atoms with Gasteiger partial charge < -0.3 is 14.6 Å². The first-order valence-electron chi connectivity index (χ1n) is 7.70. The number of carboxylic acids is 1. The predicted molar refractivity (Wildman–Crippen MR) is 84.0 cm³/mol. The van der Waals surface area contributed by atoms with Gasteiger partial charge in [-0.1, -0.05) is 30.3 Å². The smallest absolute Gasteiger partial charge is 0.410 e. The minimum Gasteiger partial charge on any atom is -0.479 e. The van der Waals surface area contributed by atoms with Gasteiger partial charge in [0, 0.05) is 20.6 Å². The Bertz CT molecular complexity index is 547. The number of ether oxygens (including phenoxy) is 2. The van der Waals surface area contributed by atoms with Crippen LogP contribution in [0.4, 0.5) is 4.79 Å². The van der Waals surface area contributed by atoms with E-state index in [1.807, 2.05) is 30.3 Å². The molecule has 0 radical (unpaired) electrons. The average molecular weight is 321 g/mol. The number of carbonyl (C=O) groups is 2. The molecule has 1 aromatic rings. The molecule has 0 aliphatic heterocycles. The molecule has 23 heavy (non-hydrogen) atoms. The van der Waals surface area contributed by atoms with Crippen molar-refractivity contribution in [1.82, 2.24) is 4.90 Å². The van der Waals surface area contributed by atoms with Gasteiger partial charge in [-0.05, 0) is 24.8 Å². The van der Waals surface area contributed by atoms with Crippen LogP contribution < -0.4 is 0 Å². The van der Waals surface area contributed by atoms with Crippen LogP contribution in [0.15, 0.2) is 30.3 Å². The molecule has 0 spiro atoms. The Kier molecular flexibility index (Phi) is 5.60. The summed E-state index contributed by atoms with van der Waals surface area (Å²) in [5.41, 5.74) is -0.413. The highest BCUT2D eigenvalue weighted by molar-refractivity contribution is 5.84. The molecule has 1 aliphatic carbocycles. The summed E-state index contributed by atoms with van der Waals surface area (Å²) < 4.78 is 10.6. The van der Waals surface area contributed by atoms with Crippen LogP contribution in [0, 0.1) is 0 Å². The SMILES string of the molecule is COC1CCCC(C(=O)O)(N(C)C(=O)OCc2ccccc2)C1. The molecule has 0 heterocycles. The lowest BCUT2D eigenvalue weighted by molar-refractivity contribution is -0.155. The molecule has 1 saturated carbocycles. The van der Waals surface area contributed by atoms with Gasteiger partial charge in [0.25, 0.3) is 0 Å². The zero-order chi connectivity index (χ0) is 16.9. The maximum atomic E-state index is 12.3. The molecule has 0 saturated heterocycles. The van der Waals surface area contributed by atoms with E-state index in [1.165, 1.54) is 11.9 Å². The Hall–Kier alpha value is -2.08. The number of benzene rings is 1. The third-order valence-corrected chi connectivity index (χ3v) is 4.53. The number of hydrogen-bond acceptors (Lipinski definition) is 4. The topological polar surface area (TPSA) is 76.1 Å². The molecule has 1 fully saturated rings. The van der Waals surface area contributed by atoms with Gasteiger partial charge in [-0.25, -0.2) is 9.59 Å². The summed E-state index contributed by atoms with van der Waals surface area (Å²) in [4.78, 5) is 25.4. The summed E-state index contributed by atoms with van der Waals surface area (Å²) in [7, 11) is 3.05. The van der Waals surface area contributed by atoms with Crippen LogP contribution in [0.2, 0.25) is 0 Å². The molecule has 126 valence electrons. The largest absolute Gasteiger partial charge is 0.479 e. The Morgan fingerprint density at radius 3 is 2.65 bits per heavy atom. The number of likely N-dealkylation sites (N-methyl/N-ethyl adjacent to an activating group) is 1. The molecular weight excluding hydrogens is 298 g/mol. The van der Waals surface area contributed by atoms with E-state index in [0.717, 1.165) is 12.0 Å². The average Bonchev–Trinajstić information content (AvgIpc) is 2.59. The van der Waals surface area contributed by atoms with Crippen LogP contribution in [0.3, 0.4) is 0 Å². The number of nitrogens with zero attached hydrogens (tertiary/aromatic N) is 1. The minimum atomic E-state index is -1.27. The van der Waals surface area contributed by atoms with Crippen LogP contribution in [-0.2, 0) is 20.9 Å². The zero-order valence-electron chi connectivity index (χ0n) is 13.5. The van der Waals surface area contributed by atoms with E-state index in [-0.39, 0.29) is 19.1 Å². The molecule has 0 bridgehead atoms. The van der Waals surface area contributed by atoms with Crippen LogP contribution >= 0.6 is 0 Å². The van der Waals surface area contributed by atoms with Crippen LogP contribution in [0.25, 0.3) is 0 Å². The summed E-state index contributed by atoms with van der Waals surface area (Å²) >= 11 is 0. The molecule has 0 aromatic heterocycles. The highest BCUT2D eigenvalue weighted by Crippen LogP contribution is 2.35. The van der Waals surface area contributed by atoms with Crippen molar-refractivity contribution in [2.75, 3.05) is 14.2 Å². The quantitative estimate of drug-likeness (QED) is 0.902. The molecular formula is C17H23NO5. The van der Waals surface area contributed by atoms with Crippen molar-refractivity contribution >= 4 is 12.1 Å². The molecule has 6 nitrogen and oxygen atoms in total. The normalized spacial score (nSPS) is 24.0. The van der Waals surface area contributed by atoms with Crippen molar-refractivity contribution in [1.29, 1.82) is 0 Å². The van der Waals surface area contributed by atoms with Crippen LogP contribution in [0.5, 0.6) is 0 Å². The lowest BCUT2D eigenvalue weighted by atomic mass is 9.79. The summed E-state index contributed by atoms with van der Waals surface area (Å²) in [6.07, 6.45) is 1.38. The van der Waals surface area contributed by atoms with Gasteiger partial charge in [-0.15, -0.1) is 0 Å². The predicted octanol–water partition coefficient (Wildman–Crippen LogP) is 2.67. The second-order valence-corrected chi connectivity index (χ2v) is 5.89. The first-order valence-corrected chi connectivity index (χ1v) is 7.70. The number of carbonyl (C=O) groups excluding carboxylic acids is 1. The fourth-order valence-electron chi connectivity index (χ4n) is 3.04. The maximum Gasteiger partial charge on any atom is 0.410 e. The Balaban J connectivity index is 2.06. The van der Waals surface area contributed by atoms with Crippen molar-refractivity contribution in [2.24, 2.45) is 0 Å². The lowest BCUT2D eigenvalue weighted by Gasteiger charge is -2.42. The molecule has 1 N–H and O–H groups in total. The maximum absolute atomic E-state index is 12.3. The number of rotatable bonds is 5. The molecule has 1 aliphatic rings. The summed E-state index contributed by atoms with van der Waals surface area (Å²) in [5.74, 6) is -1.02. The van der Waals surface area contributed by atoms with Crippen LogP contribution in [0.1, 0.15) is 31.2 Å². The molecule has 2 unspecified atom stereocenters. The highest BCUT2D eigenvalue weighted by atomic mass is 16.6. The van der Waals surface area contributed by atoms with E-state index in [0.29, 0.717) is 12.8 Å². The zero-order valence-corrected chi connectivity index (χ0v) is 13.5. The number of hydrogen-bond donors (Lipinski definition) is 1. The Morgan fingerprint density at radius 1 is 1.35 bits per heavy atom. The molecule has 2 rings (SSSR count). The van der Waals surface area contributed by atoms with Gasteiger partial charge in [0.1, 0.15) is 12.1 Å². The van der Waals surface area contributed by atoms with Crippen molar-refractivity contribution in [2.45, 2.75) is 43.9 Å². The fourth-order valence-corrected chi connectivity index (χ4v) is 3.04. The van der Waals surface area contributed by atoms with Crippen molar-refractivity contribution < 1.29 is 24.2 Å². The lowest BCUT2D eigenvalue weighted by Crippen LogP contribution is -2.58. The van der Waals surface area contributed by atoms with E-state index in [4.69, 9.17) is 9.47 Å². The second kappa shape index (κ2) is 7.46. The monoisotopic (exact) mass is 321 g/mol. The standard InChI is InChI=1S/C17H23NO5/c1-18(16(21)23-12-13-7-4-3-5-8-13)17(15(19)20)10-6-9-14(11-17)22-2/h3-5,7-8,14H,6,9-12H2,1-2H3,(H,19,20). The first kappa shape index (κ1) is 17.3. The Morgan fingerprint density at radius 2 is 2.04 bits per heavy atom.